The molecular weight excluding hydrogens is 286 g/mol. The smallest absolute Gasteiger partial charge is 0.0348 e. The van der Waals surface area contributed by atoms with Crippen molar-refractivity contribution in [2.24, 2.45) is 11.3 Å². The van der Waals surface area contributed by atoms with Crippen molar-refractivity contribution in [2.45, 2.75) is 51.5 Å². The van der Waals surface area contributed by atoms with Gasteiger partial charge in [-0.2, -0.15) is 0 Å². The van der Waals surface area contributed by atoms with Gasteiger partial charge in [0.2, 0.25) is 0 Å². The summed E-state index contributed by atoms with van der Waals surface area (Å²) in [6.45, 7) is 7.63. The van der Waals surface area contributed by atoms with Crippen molar-refractivity contribution in [1.29, 1.82) is 0 Å². The van der Waals surface area contributed by atoms with Crippen molar-refractivity contribution >= 4 is 21.4 Å². The third-order valence-electron chi connectivity index (χ3n) is 6.85. The fraction of sp³-hybridized carbons (Fsp3) is 0.600. The van der Waals surface area contributed by atoms with Gasteiger partial charge in [-0.25, -0.2) is 0 Å². The Morgan fingerprint density at radius 1 is 1.32 bits per heavy atom. The molecule has 2 heteroatoms. The summed E-state index contributed by atoms with van der Waals surface area (Å²) in [6.07, 6.45) is 5.50. The lowest BCUT2D eigenvalue weighted by Gasteiger charge is -2.58. The van der Waals surface area contributed by atoms with Crippen LogP contribution >= 0.6 is 11.3 Å². The highest BCUT2D eigenvalue weighted by Gasteiger charge is 2.54. The number of hydrogen-bond acceptors (Lipinski definition) is 2. The van der Waals surface area contributed by atoms with E-state index in [0.717, 1.165) is 17.9 Å². The molecule has 6 rings (SSSR count). The second-order valence-electron chi connectivity index (χ2n) is 8.05. The highest BCUT2D eigenvalue weighted by atomic mass is 32.1. The first-order valence-electron chi connectivity index (χ1n) is 8.94. The Balaban J connectivity index is 1.71. The van der Waals surface area contributed by atoms with Gasteiger partial charge in [0.05, 0.1) is 0 Å². The van der Waals surface area contributed by atoms with Gasteiger partial charge in [-0.05, 0) is 54.0 Å². The number of benzene rings is 1. The number of hydrogen-bond donors (Lipinski definition) is 0. The Kier molecular flexibility index (Phi) is 2.82. The van der Waals surface area contributed by atoms with Gasteiger partial charge >= 0.3 is 0 Å². The molecule has 116 valence electrons. The van der Waals surface area contributed by atoms with Gasteiger partial charge in [-0.1, -0.05) is 32.0 Å². The summed E-state index contributed by atoms with van der Waals surface area (Å²) in [6, 6.07) is 9.89. The van der Waals surface area contributed by atoms with E-state index < -0.39 is 0 Å². The molecule has 0 spiro atoms. The number of rotatable bonds is 1. The van der Waals surface area contributed by atoms with Crippen LogP contribution in [0.25, 0.3) is 10.1 Å². The standard InChI is InChI=1S/C20H25NS/c1-3-20(2)11-13-10-16-18-15(8-9-21(12-13)19(16)20)14-6-4-5-7-17(14)22-18/h4-7,13,16,19H,3,8-12H2,1-2H3. The predicted molar refractivity (Wildman–Crippen MR) is 94.8 cm³/mol. The number of thiophene rings is 1. The lowest BCUT2D eigenvalue weighted by atomic mass is 9.58. The van der Waals surface area contributed by atoms with Gasteiger partial charge in [0, 0.05) is 34.6 Å². The molecule has 1 aromatic carbocycles. The first-order chi connectivity index (χ1) is 10.7. The molecule has 2 saturated heterocycles. The summed E-state index contributed by atoms with van der Waals surface area (Å²) in [4.78, 5) is 4.62. The van der Waals surface area contributed by atoms with Crippen molar-refractivity contribution in [3.05, 3.63) is 34.7 Å². The minimum atomic E-state index is 0.531. The van der Waals surface area contributed by atoms with Crippen LogP contribution in [-0.2, 0) is 6.42 Å². The lowest BCUT2D eigenvalue weighted by molar-refractivity contribution is -0.0666. The van der Waals surface area contributed by atoms with Gasteiger partial charge in [-0.3, -0.25) is 4.90 Å². The molecule has 22 heavy (non-hydrogen) atoms. The van der Waals surface area contributed by atoms with E-state index >= 15 is 0 Å². The summed E-state index contributed by atoms with van der Waals surface area (Å²) < 4.78 is 1.51. The molecule has 0 N–H and O–H groups in total. The van der Waals surface area contributed by atoms with Gasteiger partial charge < -0.3 is 0 Å². The molecule has 3 fully saturated rings. The Morgan fingerprint density at radius 3 is 3.05 bits per heavy atom. The van der Waals surface area contributed by atoms with E-state index in [-0.39, 0.29) is 0 Å². The first kappa shape index (κ1) is 13.6. The van der Waals surface area contributed by atoms with E-state index in [2.05, 4.69) is 54.3 Å². The SMILES string of the molecule is CCC1(C)CC2CC3c4sc5ccccc5c4CCN(C2)C31. The number of nitrogens with zero attached hydrogens (tertiary/aromatic N) is 1. The van der Waals surface area contributed by atoms with Crippen molar-refractivity contribution in [1.82, 2.24) is 4.90 Å². The van der Waals surface area contributed by atoms with Gasteiger partial charge in [0.1, 0.15) is 0 Å². The minimum absolute atomic E-state index is 0.531. The quantitative estimate of drug-likeness (QED) is 0.712. The summed E-state index contributed by atoms with van der Waals surface area (Å²) in [5, 5.41) is 1.55. The van der Waals surface area contributed by atoms with Crippen LogP contribution < -0.4 is 0 Å². The summed E-state index contributed by atoms with van der Waals surface area (Å²) >= 11 is 2.11. The van der Waals surface area contributed by atoms with E-state index in [4.69, 9.17) is 0 Å². The zero-order valence-electron chi connectivity index (χ0n) is 13.6. The van der Waals surface area contributed by atoms with E-state index in [1.54, 1.807) is 15.8 Å². The average molecular weight is 311 g/mol. The van der Waals surface area contributed by atoms with Crippen LogP contribution in [0.4, 0.5) is 0 Å². The largest absolute Gasteiger partial charge is 0.299 e. The minimum Gasteiger partial charge on any atom is -0.299 e. The van der Waals surface area contributed by atoms with Crippen LogP contribution in [0.1, 0.15) is 49.5 Å². The predicted octanol–water partition coefficient (Wildman–Crippen LogP) is 5.05. The topological polar surface area (TPSA) is 3.24 Å². The molecule has 4 heterocycles. The lowest BCUT2D eigenvalue weighted by Crippen LogP contribution is -2.60. The normalized spacial score (nSPS) is 39.7. The molecule has 0 amide bonds. The third kappa shape index (κ3) is 1.68. The van der Waals surface area contributed by atoms with Crippen LogP contribution in [0.3, 0.4) is 0 Å². The Hall–Kier alpha value is -0.860. The Labute approximate surface area is 137 Å². The molecular formula is C20H25NS. The Bertz CT molecular complexity index is 732. The Morgan fingerprint density at radius 2 is 2.18 bits per heavy atom. The van der Waals surface area contributed by atoms with Crippen LogP contribution in [0.2, 0.25) is 0 Å². The summed E-state index contributed by atoms with van der Waals surface area (Å²) in [5.41, 5.74) is 2.22. The molecule has 4 bridgehead atoms. The first-order valence-corrected chi connectivity index (χ1v) is 9.75. The molecule has 2 aromatic rings. The number of piperidine rings is 2. The van der Waals surface area contributed by atoms with E-state index in [1.807, 2.05) is 0 Å². The molecule has 5 atom stereocenters. The maximum atomic E-state index is 2.87. The monoisotopic (exact) mass is 311 g/mol. The van der Waals surface area contributed by atoms with Crippen LogP contribution in [-0.4, -0.2) is 24.0 Å². The second-order valence-corrected chi connectivity index (χ2v) is 9.13. The van der Waals surface area contributed by atoms with Crippen LogP contribution in [0.5, 0.6) is 0 Å². The molecule has 0 radical (unpaired) electrons. The number of fused-ring (bicyclic) bond motifs is 4. The summed E-state index contributed by atoms with van der Waals surface area (Å²) in [7, 11) is 0. The molecule has 5 unspecified atom stereocenters. The molecule has 1 nitrogen and oxygen atoms in total. The average Bonchev–Trinajstić information content (AvgIpc) is 2.86. The van der Waals surface area contributed by atoms with Crippen molar-refractivity contribution < 1.29 is 0 Å². The zero-order valence-corrected chi connectivity index (χ0v) is 14.5. The highest BCUT2D eigenvalue weighted by Crippen LogP contribution is 2.57. The second kappa shape index (κ2) is 4.58. The summed E-state index contributed by atoms with van der Waals surface area (Å²) in [5.74, 6) is 1.73. The van der Waals surface area contributed by atoms with Crippen molar-refractivity contribution in [3.8, 4) is 0 Å². The fourth-order valence-corrected chi connectivity index (χ4v) is 7.28. The van der Waals surface area contributed by atoms with Gasteiger partial charge in [0.25, 0.3) is 0 Å². The maximum absolute atomic E-state index is 2.87. The molecule has 1 aromatic heterocycles. The zero-order chi connectivity index (χ0) is 14.9. The molecule has 4 aliphatic rings. The molecule has 1 saturated carbocycles. The van der Waals surface area contributed by atoms with E-state index in [0.29, 0.717) is 5.41 Å². The van der Waals surface area contributed by atoms with Crippen molar-refractivity contribution in [2.75, 3.05) is 13.1 Å². The molecule has 3 aliphatic heterocycles. The van der Waals surface area contributed by atoms with E-state index in [9.17, 15) is 0 Å². The van der Waals surface area contributed by atoms with Crippen LogP contribution in [0.15, 0.2) is 24.3 Å². The highest BCUT2D eigenvalue weighted by molar-refractivity contribution is 7.19. The van der Waals surface area contributed by atoms with Gasteiger partial charge in [0.15, 0.2) is 0 Å². The fourth-order valence-electron chi connectivity index (χ4n) is 5.88. The molecule has 1 aliphatic carbocycles. The third-order valence-corrected chi connectivity index (χ3v) is 8.19. The van der Waals surface area contributed by atoms with Gasteiger partial charge in [-0.15, -0.1) is 11.3 Å². The van der Waals surface area contributed by atoms with Crippen LogP contribution in [0, 0.1) is 11.3 Å². The van der Waals surface area contributed by atoms with Crippen molar-refractivity contribution in [3.63, 3.8) is 0 Å². The maximum Gasteiger partial charge on any atom is 0.0348 e. The van der Waals surface area contributed by atoms with E-state index in [1.165, 1.54) is 43.5 Å².